The molecule has 0 spiro atoms. The Labute approximate surface area is 228 Å². The lowest BCUT2D eigenvalue weighted by Crippen LogP contribution is -2.34. The first-order chi connectivity index (χ1) is 17.8. The molecule has 0 unspecified atom stereocenters. The summed E-state index contributed by atoms with van der Waals surface area (Å²) in [5.41, 5.74) is 3.42. The van der Waals surface area contributed by atoms with Crippen LogP contribution in [0.25, 0.3) is 21.5 Å². The normalized spacial score (nSPS) is 14.6. The van der Waals surface area contributed by atoms with Crippen LogP contribution in [0, 0.1) is 5.92 Å². The number of aromatic carboxylic acids is 1. The van der Waals surface area contributed by atoms with E-state index in [0.717, 1.165) is 64.8 Å². The maximum atomic E-state index is 11.5. The highest BCUT2D eigenvalue weighted by atomic mass is 35.5. The Morgan fingerprint density at radius 1 is 1.24 bits per heavy atom. The van der Waals surface area contributed by atoms with Crippen molar-refractivity contribution >= 4 is 55.9 Å². The van der Waals surface area contributed by atoms with Crippen molar-refractivity contribution in [3.05, 3.63) is 57.3 Å². The number of ether oxygens (including phenoxy) is 1. The van der Waals surface area contributed by atoms with E-state index in [1.807, 2.05) is 18.2 Å². The smallest absolute Gasteiger partial charge is 0.335 e. The van der Waals surface area contributed by atoms with Crippen molar-refractivity contribution in [2.45, 2.75) is 39.0 Å². The third-order valence-corrected chi connectivity index (χ3v) is 8.53. The molecule has 1 fully saturated rings. The number of piperidine rings is 1. The van der Waals surface area contributed by atoms with Crippen molar-refractivity contribution in [3.63, 3.8) is 0 Å². The molecule has 1 saturated heterocycles. The molecule has 5 rings (SSSR count). The van der Waals surface area contributed by atoms with Crippen molar-refractivity contribution in [2.75, 3.05) is 25.1 Å². The molecule has 0 radical (unpaired) electrons. The third kappa shape index (κ3) is 5.02. The molecule has 10 heteroatoms. The SMILES string of the molecule is COc1cc(C(=O)O)cc2sc(N3CCC(Cc4c(-c5c(Cl)cccc5Cl)noc4C(C)C)CC3)nc12. The molecule has 194 valence electrons. The van der Waals surface area contributed by atoms with Gasteiger partial charge < -0.3 is 19.3 Å². The molecule has 37 heavy (non-hydrogen) atoms. The fourth-order valence-corrected chi connectivity index (χ4v) is 6.56. The first-order valence-electron chi connectivity index (χ1n) is 12.2. The van der Waals surface area contributed by atoms with Crippen LogP contribution in [-0.4, -0.2) is 41.4 Å². The molecule has 3 heterocycles. The van der Waals surface area contributed by atoms with Crippen molar-refractivity contribution in [3.8, 4) is 17.0 Å². The van der Waals surface area contributed by atoms with Gasteiger partial charge in [0.2, 0.25) is 0 Å². The Hall–Kier alpha value is -2.81. The summed E-state index contributed by atoms with van der Waals surface area (Å²) in [7, 11) is 1.53. The topological polar surface area (TPSA) is 88.7 Å². The van der Waals surface area contributed by atoms with Gasteiger partial charge in [0.1, 0.15) is 22.7 Å². The van der Waals surface area contributed by atoms with Gasteiger partial charge in [-0.15, -0.1) is 0 Å². The number of thiazole rings is 1. The number of carboxylic acid groups (broad SMARTS) is 1. The number of anilines is 1. The maximum Gasteiger partial charge on any atom is 0.335 e. The minimum atomic E-state index is -0.983. The van der Waals surface area contributed by atoms with E-state index < -0.39 is 5.97 Å². The molecule has 0 aliphatic carbocycles. The van der Waals surface area contributed by atoms with Gasteiger partial charge in [-0.2, -0.15) is 0 Å². The Balaban J connectivity index is 1.36. The highest BCUT2D eigenvalue weighted by molar-refractivity contribution is 7.22. The number of carbonyl (C=O) groups is 1. The van der Waals surface area contributed by atoms with Crippen LogP contribution in [0.5, 0.6) is 5.75 Å². The van der Waals surface area contributed by atoms with Gasteiger partial charge in [0.25, 0.3) is 0 Å². The first kappa shape index (κ1) is 25.8. The van der Waals surface area contributed by atoms with Gasteiger partial charge in [0.05, 0.1) is 27.4 Å². The fraction of sp³-hybridized carbons (Fsp3) is 0.370. The number of fused-ring (bicyclic) bond motifs is 1. The van der Waals surface area contributed by atoms with Crippen molar-refractivity contribution in [1.82, 2.24) is 10.1 Å². The Morgan fingerprint density at radius 2 is 1.95 bits per heavy atom. The zero-order valence-electron chi connectivity index (χ0n) is 20.8. The summed E-state index contributed by atoms with van der Waals surface area (Å²) in [4.78, 5) is 18.6. The van der Waals surface area contributed by atoms with Crippen LogP contribution >= 0.6 is 34.5 Å². The molecule has 1 N–H and O–H groups in total. The summed E-state index contributed by atoms with van der Waals surface area (Å²) in [5.74, 6) is 0.997. The second-order valence-electron chi connectivity index (χ2n) is 9.59. The van der Waals surface area contributed by atoms with E-state index in [-0.39, 0.29) is 11.5 Å². The van der Waals surface area contributed by atoms with E-state index in [2.05, 4.69) is 23.9 Å². The van der Waals surface area contributed by atoms with Gasteiger partial charge in [-0.25, -0.2) is 9.78 Å². The second kappa shape index (κ2) is 10.5. The number of methoxy groups -OCH3 is 1. The molecule has 2 aromatic heterocycles. The quantitative estimate of drug-likeness (QED) is 0.250. The molecule has 7 nitrogen and oxygen atoms in total. The minimum absolute atomic E-state index is 0.186. The highest BCUT2D eigenvalue weighted by Crippen LogP contribution is 2.41. The summed E-state index contributed by atoms with van der Waals surface area (Å²) in [6.07, 6.45) is 2.79. The van der Waals surface area contributed by atoms with Crippen LogP contribution in [0.15, 0.2) is 34.9 Å². The zero-order chi connectivity index (χ0) is 26.3. The van der Waals surface area contributed by atoms with Crippen LogP contribution < -0.4 is 9.64 Å². The average molecular weight is 561 g/mol. The number of carboxylic acids is 1. The Morgan fingerprint density at radius 3 is 2.57 bits per heavy atom. The van der Waals surface area contributed by atoms with Crippen LogP contribution in [-0.2, 0) is 6.42 Å². The predicted octanol–water partition coefficient (Wildman–Crippen LogP) is 7.55. The van der Waals surface area contributed by atoms with Crippen LogP contribution in [0.1, 0.15) is 54.3 Å². The van der Waals surface area contributed by atoms with Crippen LogP contribution in [0.3, 0.4) is 0 Å². The van der Waals surface area contributed by atoms with Crippen molar-refractivity contribution in [1.29, 1.82) is 0 Å². The molecule has 0 atom stereocenters. The summed E-state index contributed by atoms with van der Waals surface area (Å²) < 4.78 is 12.0. The molecule has 0 bridgehead atoms. The third-order valence-electron chi connectivity index (χ3n) is 6.84. The first-order valence-corrected chi connectivity index (χ1v) is 13.7. The van der Waals surface area contributed by atoms with E-state index in [1.165, 1.54) is 24.5 Å². The number of benzene rings is 2. The lowest BCUT2D eigenvalue weighted by molar-refractivity contribution is 0.0696. The van der Waals surface area contributed by atoms with Gasteiger partial charge in [-0.1, -0.05) is 59.6 Å². The number of nitrogens with zero attached hydrogens (tertiary/aromatic N) is 3. The highest BCUT2D eigenvalue weighted by Gasteiger charge is 2.28. The number of hydrogen-bond acceptors (Lipinski definition) is 7. The van der Waals surface area contributed by atoms with Gasteiger partial charge in [-0.3, -0.25) is 0 Å². The number of aromatic nitrogens is 2. The average Bonchev–Trinajstić information content (AvgIpc) is 3.48. The monoisotopic (exact) mass is 559 g/mol. The van der Waals surface area contributed by atoms with Gasteiger partial charge >= 0.3 is 5.97 Å². The number of halogens is 2. The predicted molar refractivity (Wildman–Crippen MR) is 148 cm³/mol. The molecule has 1 aliphatic heterocycles. The number of hydrogen-bond donors (Lipinski definition) is 1. The van der Waals surface area contributed by atoms with E-state index in [0.29, 0.717) is 27.2 Å². The lowest BCUT2D eigenvalue weighted by Gasteiger charge is -2.32. The van der Waals surface area contributed by atoms with Gasteiger partial charge in [0, 0.05) is 30.1 Å². The molecule has 2 aromatic carbocycles. The molecule has 0 saturated carbocycles. The van der Waals surface area contributed by atoms with Crippen molar-refractivity contribution in [2.24, 2.45) is 5.92 Å². The largest absolute Gasteiger partial charge is 0.494 e. The van der Waals surface area contributed by atoms with Crippen LogP contribution in [0.2, 0.25) is 10.0 Å². The van der Waals surface area contributed by atoms with E-state index in [4.69, 9.17) is 37.4 Å². The number of rotatable bonds is 7. The zero-order valence-corrected chi connectivity index (χ0v) is 23.1. The second-order valence-corrected chi connectivity index (χ2v) is 11.4. The molecular formula is C27H27Cl2N3O4S. The van der Waals surface area contributed by atoms with E-state index in [9.17, 15) is 9.90 Å². The molecule has 1 aliphatic rings. The molecule has 0 amide bonds. The summed E-state index contributed by atoms with van der Waals surface area (Å²) in [6, 6.07) is 8.65. The van der Waals surface area contributed by atoms with E-state index >= 15 is 0 Å². The lowest BCUT2D eigenvalue weighted by atomic mass is 9.87. The maximum absolute atomic E-state index is 11.5. The Kier molecular flexibility index (Phi) is 7.34. The van der Waals surface area contributed by atoms with E-state index in [1.54, 1.807) is 6.07 Å². The minimum Gasteiger partial charge on any atom is -0.494 e. The molecular weight excluding hydrogens is 533 g/mol. The van der Waals surface area contributed by atoms with Crippen molar-refractivity contribution < 1.29 is 19.2 Å². The summed E-state index contributed by atoms with van der Waals surface area (Å²) in [6.45, 7) is 5.90. The van der Waals surface area contributed by atoms with Gasteiger partial charge in [0.15, 0.2) is 5.13 Å². The standard InChI is InChI=1S/C27H27Cl2N3O4S/c1-14(2)25-17(23(31-36-25)22-18(28)5-4-6-19(22)29)11-15-7-9-32(10-8-15)27-30-24-20(35-3)12-16(26(33)34)13-21(24)37-27/h4-6,12-15H,7-11H2,1-3H3,(H,33,34). The van der Waals surface area contributed by atoms with Gasteiger partial charge in [-0.05, 0) is 49.4 Å². The summed E-state index contributed by atoms with van der Waals surface area (Å²) in [5, 5.41) is 15.8. The molecule has 4 aromatic rings. The Bertz CT molecular complexity index is 1440. The van der Waals surface area contributed by atoms with Crippen LogP contribution in [0.4, 0.5) is 5.13 Å². The fourth-order valence-electron chi connectivity index (χ4n) is 4.91. The summed E-state index contributed by atoms with van der Waals surface area (Å²) >= 11 is 14.5.